The SMILES string of the molecule is CCNC(=NCC(OC)C(C)(C)C)N1CCC(C)C(n2ccnc2)C1. The second kappa shape index (κ2) is 8.70. The fourth-order valence-electron chi connectivity index (χ4n) is 3.39. The third-order valence-electron chi connectivity index (χ3n) is 5.12. The maximum atomic E-state index is 5.66. The Morgan fingerprint density at radius 1 is 1.44 bits per heavy atom. The van der Waals surface area contributed by atoms with Gasteiger partial charge in [0.05, 0.1) is 25.0 Å². The summed E-state index contributed by atoms with van der Waals surface area (Å²) in [6, 6.07) is 0.431. The van der Waals surface area contributed by atoms with E-state index in [1.165, 1.54) is 0 Å². The Bertz CT molecular complexity index is 535. The van der Waals surface area contributed by atoms with Crippen LogP contribution in [0.25, 0.3) is 0 Å². The molecule has 1 aliphatic rings. The number of nitrogens with one attached hydrogen (secondary N) is 1. The van der Waals surface area contributed by atoms with Gasteiger partial charge in [-0.15, -0.1) is 0 Å². The van der Waals surface area contributed by atoms with Crippen molar-refractivity contribution >= 4 is 5.96 Å². The highest BCUT2D eigenvalue weighted by Gasteiger charge is 2.29. The Morgan fingerprint density at radius 2 is 2.20 bits per heavy atom. The predicted molar refractivity (Wildman–Crippen MR) is 103 cm³/mol. The number of methoxy groups -OCH3 is 1. The van der Waals surface area contributed by atoms with E-state index in [2.05, 4.69) is 60.6 Å². The minimum atomic E-state index is 0.0747. The van der Waals surface area contributed by atoms with Crippen molar-refractivity contribution in [1.29, 1.82) is 0 Å². The molecule has 0 spiro atoms. The zero-order valence-corrected chi connectivity index (χ0v) is 16.7. The number of nitrogens with zero attached hydrogens (tertiary/aromatic N) is 4. The minimum Gasteiger partial charge on any atom is -0.379 e. The van der Waals surface area contributed by atoms with Gasteiger partial charge in [-0.05, 0) is 24.7 Å². The molecule has 0 amide bonds. The average Bonchev–Trinajstić information content (AvgIpc) is 3.08. The molecule has 1 aliphatic heterocycles. The third-order valence-corrected chi connectivity index (χ3v) is 5.12. The summed E-state index contributed by atoms with van der Waals surface area (Å²) in [5, 5.41) is 3.46. The van der Waals surface area contributed by atoms with Crippen LogP contribution in [0.5, 0.6) is 0 Å². The summed E-state index contributed by atoms with van der Waals surface area (Å²) in [6.07, 6.45) is 7.11. The lowest BCUT2D eigenvalue weighted by Gasteiger charge is -2.39. The van der Waals surface area contributed by atoms with Crippen LogP contribution in [0.2, 0.25) is 0 Å². The van der Waals surface area contributed by atoms with E-state index in [1.54, 1.807) is 7.11 Å². The van der Waals surface area contributed by atoms with E-state index in [1.807, 2.05) is 12.5 Å². The molecule has 2 heterocycles. The largest absolute Gasteiger partial charge is 0.379 e. The molecular formula is C19H35N5O. The number of likely N-dealkylation sites (tertiary alicyclic amines) is 1. The van der Waals surface area contributed by atoms with Crippen LogP contribution in [0.15, 0.2) is 23.7 Å². The molecule has 0 saturated carbocycles. The highest BCUT2D eigenvalue weighted by molar-refractivity contribution is 5.80. The van der Waals surface area contributed by atoms with E-state index >= 15 is 0 Å². The molecule has 6 nitrogen and oxygen atoms in total. The highest BCUT2D eigenvalue weighted by Crippen LogP contribution is 2.27. The van der Waals surface area contributed by atoms with E-state index in [0.717, 1.165) is 32.0 Å². The summed E-state index contributed by atoms with van der Waals surface area (Å²) in [7, 11) is 1.77. The molecule has 1 aromatic rings. The van der Waals surface area contributed by atoms with E-state index in [9.17, 15) is 0 Å². The number of hydrogen-bond acceptors (Lipinski definition) is 3. The molecule has 1 N–H and O–H groups in total. The molecule has 142 valence electrons. The molecule has 3 unspecified atom stereocenters. The quantitative estimate of drug-likeness (QED) is 0.656. The number of rotatable bonds is 5. The predicted octanol–water partition coefficient (Wildman–Crippen LogP) is 2.79. The van der Waals surface area contributed by atoms with Crippen molar-refractivity contribution in [2.75, 3.05) is 33.3 Å². The Balaban J connectivity index is 2.11. The van der Waals surface area contributed by atoms with Gasteiger partial charge in [-0.3, -0.25) is 4.99 Å². The first-order chi connectivity index (χ1) is 11.9. The van der Waals surface area contributed by atoms with Gasteiger partial charge < -0.3 is 19.5 Å². The topological polar surface area (TPSA) is 54.7 Å². The molecule has 0 bridgehead atoms. The summed E-state index contributed by atoms with van der Waals surface area (Å²) in [6.45, 7) is 14.6. The number of hydrogen-bond donors (Lipinski definition) is 1. The van der Waals surface area contributed by atoms with Crippen LogP contribution >= 0.6 is 0 Å². The van der Waals surface area contributed by atoms with E-state index in [4.69, 9.17) is 9.73 Å². The van der Waals surface area contributed by atoms with Crippen LogP contribution < -0.4 is 5.32 Å². The standard InChI is InChI=1S/C19H35N5O/c1-7-21-18(22-12-17(25-6)19(3,4)5)23-10-8-15(2)16(13-23)24-11-9-20-14-24/h9,11,14-17H,7-8,10,12-13H2,1-6H3,(H,21,22). The van der Waals surface area contributed by atoms with E-state index in [-0.39, 0.29) is 11.5 Å². The van der Waals surface area contributed by atoms with Gasteiger partial charge in [-0.2, -0.15) is 0 Å². The maximum absolute atomic E-state index is 5.66. The second-order valence-corrected chi connectivity index (χ2v) is 8.07. The first-order valence-corrected chi connectivity index (χ1v) is 9.40. The molecular weight excluding hydrogens is 314 g/mol. The summed E-state index contributed by atoms with van der Waals surface area (Å²) in [5.41, 5.74) is 0.0747. The Labute approximate surface area is 152 Å². The Hall–Kier alpha value is -1.56. The Kier molecular flexibility index (Phi) is 6.87. The molecule has 0 aliphatic carbocycles. The molecule has 1 aromatic heterocycles. The molecule has 25 heavy (non-hydrogen) atoms. The van der Waals surface area contributed by atoms with Crippen LogP contribution in [-0.4, -0.2) is 59.8 Å². The number of aliphatic imine (C=N–C) groups is 1. The van der Waals surface area contributed by atoms with Crippen LogP contribution in [0.3, 0.4) is 0 Å². The first-order valence-electron chi connectivity index (χ1n) is 9.40. The molecule has 2 rings (SSSR count). The van der Waals surface area contributed by atoms with Crippen LogP contribution in [-0.2, 0) is 4.74 Å². The lowest BCUT2D eigenvalue weighted by Crippen LogP contribution is -2.49. The van der Waals surface area contributed by atoms with Gasteiger partial charge in [-0.25, -0.2) is 4.98 Å². The van der Waals surface area contributed by atoms with Crippen LogP contribution in [0.4, 0.5) is 0 Å². The fourth-order valence-corrected chi connectivity index (χ4v) is 3.39. The van der Waals surface area contributed by atoms with Gasteiger partial charge in [-0.1, -0.05) is 27.7 Å². The molecule has 0 radical (unpaired) electrons. The van der Waals surface area contributed by atoms with Crippen molar-refractivity contribution in [3.8, 4) is 0 Å². The lowest BCUT2D eigenvalue weighted by molar-refractivity contribution is 0.0238. The van der Waals surface area contributed by atoms with Gasteiger partial charge in [0, 0.05) is 39.1 Å². The van der Waals surface area contributed by atoms with Crippen molar-refractivity contribution in [3.05, 3.63) is 18.7 Å². The Morgan fingerprint density at radius 3 is 2.76 bits per heavy atom. The molecule has 6 heteroatoms. The van der Waals surface area contributed by atoms with Crippen LogP contribution in [0, 0.1) is 11.3 Å². The van der Waals surface area contributed by atoms with Gasteiger partial charge in [0.15, 0.2) is 5.96 Å². The van der Waals surface area contributed by atoms with Crippen molar-refractivity contribution < 1.29 is 4.74 Å². The first kappa shape index (κ1) is 19.8. The third kappa shape index (κ3) is 5.21. The summed E-state index contributed by atoms with van der Waals surface area (Å²) in [5.74, 6) is 1.63. The van der Waals surface area contributed by atoms with Gasteiger partial charge >= 0.3 is 0 Å². The van der Waals surface area contributed by atoms with E-state index < -0.39 is 0 Å². The average molecular weight is 350 g/mol. The second-order valence-electron chi connectivity index (χ2n) is 8.07. The normalized spacial score (nSPS) is 23.6. The smallest absolute Gasteiger partial charge is 0.194 e. The van der Waals surface area contributed by atoms with Crippen molar-refractivity contribution in [3.63, 3.8) is 0 Å². The van der Waals surface area contributed by atoms with E-state index in [0.29, 0.717) is 18.5 Å². The van der Waals surface area contributed by atoms with Crippen molar-refractivity contribution in [2.45, 2.75) is 53.2 Å². The number of guanidine groups is 1. The van der Waals surface area contributed by atoms with Gasteiger partial charge in [0.25, 0.3) is 0 Å². The molecule has 0 aromatic carbocycles. The zero-order chi connectivity index (χ0) is 18.4. The fraction of sp³-hybridized carbons (Fsp3) is 0.789. The lowest BCUT2D eigenvalue weighted by atomic mass is 9.89. The summed E-state index contributed by atoms with van der Waals surface area (Å²) >= 11 is 0. The summed E-state index contributed by atoms with van der Waals surface area (Å²) < 4.78 is 7.89. The molecule has 1 fully saturated rings. The number of piperidine rings is 1. The van der Waals surface area contributed by atoms with Crippen LogP contribution in [0.1, 0.15) is 47.1 Å². The number of imidazole rings is 1. The van der Waals surface area contributed by atoms with Crippen molar-refractivity contribution in [1.82, 2.24) is 19.8 Å². The summed E-state index contributed by atoms with van der Waals surface area (Å²) in [4.78, 5) is 11.5. The minimum absolute atomic E-state index is 0.0747. The monoisotopic (exact) mass is 349 g/mol. The van der Waals surface area contributed by atoms with Gasteiger partial charge in [0.1, 0.15) is 0 Å². The van der Waals surface area contributed by atoms with Gasteiger partial charge in [0.2, 0.25) is 0 Å². The highest BCUT2D eigenvalue weighted by atomic mass is 16.5. The zero-order valence-electron chi connectivity index (χ0n) is 16.7. The number of aromatic nitrogens is 2. The maximum Gasteiger partial charge on any atom is 0.194 e. The molecule has 3 atom stereocenters. The number of ether oxygens (including phenoxy) is 1. The van der Waals surface area contributed by atoms with Crippen molar-refractivity contribution in [2.24, 2.45) is 16.3 Å². The molecule has 1 saturated heterocycles.